The van der Waals surface area contributed by atoms with E-state index in [-0.39, 0.29) is 5.60 Å². The lowest BCUT2D eigenvalue weighted by atomic mass is 9.50. The van der Waals surface area contributed by atoms with Gasteiger partial charge in [0, 0.05) is 18.3 Å². The lowest BCUT2D eigenvalue weighted by Crippen LogP contribution is -2.52. The molecule has 2 nitrogen and oxygen atoms in total. The Bertz CT molecular complexity index is 644. The third kappa shape index (κ3) is 1.84. The van der Waals surface area contributed by atoms with Crippen molar-refractivity contribution in [1.82, 2.24) is 0 Å². The van der Waals surface area contributed by atoms with Gasteiger partial charge in [-0.1, -0.05) is 37.1 Å². The van der Waals surface area contributed by atoms with E-state index in [1.165, 1.54) is 37.7 Å². The fraction of sp³-hybridized carbons (Fsp3) is 0.773. The molecule has 2 heteroatoms. The maximum atomic E-state index is 11.9. The summed E-state index contributed by atoms with van der Waals surface area (Å²) in [4.78, 5) is 11.9. The summed E-state index contributed by atoms with van der Waals surface area (Å²) in [6, 6.07) is 0. The highest BCUT2D eigenvalue weighted by molar-refractivity contribution is 5.82. The number of carbonyl (C=O) groups is 1. The largest absolute Gasteiger partial charge is 0.366 e. The van der Waals surface area contributed by atoms with E-state index >= 15 is 0 Å². The molecule has 0 aromatic heterocycles. The van der Waals surface area contributed by atoms with Crippen molar-refractivity contribution in [2.75, 3.05) is 6.61 Å². The van der Waals surface area contributed by atoms with Crippen LogP contribution in [0.25, 0.3) is 0 Å². The van der Waals surface area contributed by atoms with Crippen LogP contribution in [0.3, 0.4) is 0 Å². The first-order chi connectivity index (χ1) is 11.5. The van der Waals surface area contributed by atoms with Crippen molar-refractivity contribution in [2.24, 2.45) is 29.1 Å². The molecule has 6 atom stereocenters. The molecule has 0 aromatic carbocycles. The summed E-state index contributed by atoms with van der Waals surface area (Å²) in [5, 5.41) is 0. The highest BCUT2D eigenvalue weighted by Gasteiger charge is 2.63. The molecular formula is C22H30O2. The number of allylic oxidation sites excluding steroid dienone is 2. The molecule has 5 aliphatic rings. The van der Waals surface area contributed by atoms with E-state index in [2.05, 4.69) is 26.0 Å². The molecule has 130 valence electrons. The lowest BCUT2D eigenvalue weighted by molar-refractivity contribution is -0.120. The Labute approximate surface area is 145 Å². The van der Waals surface area contributed by atoms with Crippen LogP contribution in [0.5, 0.6) is 0 Å². The number of fused-ring (bicyclic) bond motifs is 5. The molecule has 24 heavy (non-hydrogen) atoms. The van der Waals surface area contributed by atoms with Crippen LogP contribution in [0, 0.1) is 29.1 Å². The van der Waals surface area contributed by atoms with Gasteiger partial charge in [0.2, 0.25) is 0 Å². The first-order valence-electron chi connectivity index (χ1n) is 10.1. The van der Waals surface area contributed by atoms with Gasteiger partial charge < -0.3 is 4.74 Å². The average molecular weight is 326 g/mol. The summed E-state index contributed by atoms with van der Waals surface area (Å²) in [6.07, 6.45) is 13.6. The Morgan fingerprint density at radius 1 is 1.21 bits per heavy atom. The molecule has 0 aromatic rings. The highest BCUT2D eigenvalue weighted by Crippen LogP contribution is 2.67. The second-order valence-corrected chi connectivity index (χ2v) is 9.41. The highest BCUT2D eigenvalue weighted by atomic mass is 16.5. The molecule has 5 rings (SSSR count). The zero-order chi connectivity index (χ0) is 16.5. The van der Waals surface area contributed by atoms with E-state index in [0.717, 1.165) is 49.5 Å². The lowest BCUT2D eigenvalue weighted by Gasteiger charge is -2.56. The van der Waals surface area contributed by atoms with Gasteiger partial charge in [-0.2, -0.15) is 0 Å². The summed E-state index contributed by atoms with van der Waals surface area (Å²) >= 11 is 0. The SMILES string of the molecule is CC1CC2=C(CCC(=O)C2)C2CC[C@@]3(C)C(CC[C@@]34C=CCO4)C12. The summed E-state index contributed by atoms with van der Waals surface area (Å²) in [5.74, 6) is 3.57. The second-order valence-electron chi connectivity index (χ2n) is 9.41. The number of rotatable bonds is 0. The fourth-order valence-electron chi connectivity index (χ4n) is 7.49. The monoisotopic (exact) mass is 326 g/mol. The van der Waals surface area contributed by atoms with Gasteiger partial charge in [-0.25, -0.2) is 0 Å². The molecule has 1 spiro atoms. The Balaban J connectivity index is 1.52. The minimum absolute atomic E-state index is 0.0273. The molecule has 0 saturated heterocycles. The average Bonchev–Trinajstić information content (AvgIpc) is 3.14. The zero-order valence-corrected chi connectivity index (χ0v) is 15.1. The van der Waals surface area contributed by atoms with E-state index < -0.39 is 0 Å². The number of carbonyl (C=O) groups excluding carboxylic acids is 1. The van der Waals surface area contributed by atoms with Crippen molar-refractivity contribution in [3.8, 4) is 0 Å². The van der Waals surface area contributed by atoms with Gasteiger partial charge in [0.1, 0.15) is 5.78 Å². The minimum Gasteiger partial charge on any atom is -0.366 e. The molecule has 4 aliphatic carbocycles. The summed E-state index contributed by atoms with van der Waals surface area (Å²) in [7, 11) is 0. The maximum absolute atomic E-state index is 11.9. The van der Waals surface area contributed by atoms with Crippen LogP contribution in [0.2, 0.25) is 0 Å². The minimum atomic E-state index is 0.0273. The van der Waals surface area contributed by atoms with Crippen molar-refractivity contribution < 1.29 is 9.53 Å². The summed E-state index contributed by atoms with van der Waals surface area (Å²) < 4.78 is 6.34. The van der Waals surface area contributed by atoms with Crippen LogP contribution < -0.4 is 0 Å². The first kappa shape index (κ1) is 15.4. The smallest absolute Gasteiger partial charge is 0.137 e. The number of Topliss-reactive ketones (excluding diaryl/α,β-unsaturated/α-hetero) is 1. The topological polar surface area (TPSA) is 26.3 Å². The van der Waals surface area contributed by atoms with Crippen molar-refractivity contribution in [3.63, 3.8) is 0 Å². The quantitative estimate of drug-likeness (QED) is 0.595. The van der Waals surface area contributed by atoms with Gasteiger partial charge in [0.05, 0.1) is 12.2 Å². The van der Waals surface area contributed by atoms with Gasteiger partial charge in [0.25, 0.3) is 0 Å². The van der Waals surface area contributed by atoms with Gasteiger partial charge >= 0.3 is 0 Å². The zero-order valence-electron chi connectivity index (χ0n) is 15.1. The van der Waals surface area contributed by atoms with E-state index in [1.54, 1.807) is 5.57 Å². The molecule has 2 fully saturated rings. The van der Waals surface area contributed by atoms with Crippen molar-refractivity contribution in [3.05, 3.63) is 23.3 Å². The van der Waals surface area contributed by atoms with Crippen LogP contribution in [0.4, 0.5) is 0 Å². The molecule has 2 saturated carbocycles. The number of ether oxygens (including phenoxy) is 1. The Hall–Kier alpha value is -0.890. The fourth-order valence-corrected chi connectivity index (χ4v) is 7.49. The Morgan fingerprint density at radius 2 is 2.08 bits per heavy atom. The molecule has 4 unspecified atom stereocenters. The van der Waals surface area contributed by atoms with Gasteiger partial charge in [-0.3, -0.25) is 4.79 Å². The Morgan fingerprint density at radius 3 is 2.88 bits per heavy atom. The standard InChI is InChI=1S/C22H30O2/c1-14-12-15-13-16(23)4-5-17(15)18-6-9-21(2)19(20(14)18)7-10-22(21)8-3-11-24-22/h3,8,14,18-20H,4-7,9-13H2,1-2H3/t14?,18?,19?,20?,21-,22-/m0/s1. The normalized spacial score (nSPS) is 50.2. The predicted molar refractivity (Wildman–Crippen MR) is 94.5 cm³/mol. The van der Waals surface area contributed by atoms with Crippen LogP contribution in [-0.4, -0.2) is 18.0 Å². The molecular weight excluding hydrogens is 296 g/mol. The molecule has 0 amide bonds. The van der Waals surface area contributed by atoms with Crippen LogP contribution in [-0.2, 0) is 9.53 Å². The molecule has 0 N–H and O–H groups in total. The summed E-state index contributed by atoms with van der Waals surface area (Å²) in [5.41, 5.74) is 3.59. The van der Waals surface area contributed by atoms with Crippen molar-refractivity contribution in [1.29, 1.82) is 0 Å². The maximum Gasteiger partial charge on any atom is 0.137 e. The van der Waals surface area contributed by atoms with Gasteiger partial charge in [-0.05, 0) is 62.2 Å². The van der Waals surface area contributed by atoms with E-state index in [0.29, 0.717) is 11.2 Å². The molecule has 0 bridgehead atoms. The number of hydrogen-bond donors (Lipinski definition) is 0. The van der Waals surface area contributed by atoms with Crippen LogP contribution in [0.15, 0.2) is 23.3 Å². The first-order valence-corrected chi connectivity index (χ1v) is 10.1. The molecule has 0 radical (unpaired) electrons. The van der Waals surface area contributed by atoms with Gasteiger partial charge in [0.15, 0.2) is 0 Å². The predicted octanol–water partition coefficient (Wildman–Crippen LogP) is 4.84. The van der Waals surface area contributed by atoms with E-state index in [9.17, 15) is 4.79 Å². The van der Waals surface area contributed by atoms with Crippen molar-refractivity contribution in [2.45, 2.75) is 70.8 Å². The Kier molecular flexibility index (Phi) is 3.24. The van der Waals surface area contributed by atoms with Crippen LogP contribution in [0.1, 0.15) is 65.2 Å². The summed E-state index contributed by atoms with van der Waals surface area (Å²) in [6.45, 7) is 5.80. The van der Waals surface area contributed by atoms with Crippen LogP contribution >= 0.6 is 0 Å². The van der Waals surface area contributed by atoms with E-state index in [4.69, 9.17) is 4.74 Å². The third-order valence-electron chi connectivity index (χ3n) is 8.55. The third-order valence-corrected chi connectivity index (χ3v) is 8.55. The number of ketones is 1. The second kappa shape index (κ2) is 5.06. The van der Waals surface area contributed by atoms with E-state index in [1.807, 2.05) is 0 Å². The van der Waals surface area contributed by atoms with Gasteiger partial charge in [-0.15, -0.1) is 0 Å². The van der Waals surface area contributed by atoms with Crippen molar-refractivity contribution >= 4 is 5.78 Å². The number of hydrogen-bond acceptors (Lipinski definition) is 2. The molecule has 1 aliphatic heterocycles. The molecule has 1 heterocycles.